The Bertz CT molecular complexity index is 548. The number of benzene rings is 1. The van der Waals surface area contributed by atoms with Gasteiger partial charge in [0, 0.05) is 19.1 Å². The van der Waals surface area contributed by atoms with E-state index in [1.54, 1.807) is 0 Å². The van der Waals surface area contributed by atoms with Crippen LogP contribution >= 0.6 is 0 Å². The molecule has 0 spiro atoms. The van der Waals surface area contributed by atoms with E-state index in [-0.39, 0.29) is 31.1 Å². The number of nitrogens with two attached hydrogens (primary N) is 3. The maximum Gasteiger partial charge on any atom is 0.243 e. The summed E-state index contributed by atoms with van der Waals surface area (Å²) in [6, 6.07) is 8.04. The standard InChI is InChI=1S/C19H31N3O4/c1-14(17(20)9-10-18(21)23)26-12-16-7-5-15(6-8-16)4-2-3-11-25-13-19(22)24/h5-8,14,17H,2-4,9-13,20H2,1H3,(H2,21,23)(H2,22,24)/t14-,17+/m1/s1. The SMILES string of the molecule is C[C@@H](OCc1ccc(CCCCOCC(N)=O)cc1)[C@@H](N)CCC(N)=O. The van der Waals surface area contributed by atoms with Gasteiger partial charge in [0.1, 0.15) is 6.61 Å². The lowest BCUT2D eigenvalue weighted by Crippen LogP contribution is -2.35. The molecule has 26 heavy (non-hydrogen) atoms. The van der Waals surface area contributed by atoms with Crippen molar-refractivity contribution in [2.75, 3.05) is 13.2 Å². The second kappa shape index (κ2) is 12.4. The van der Waals surface area contributed by atoms with Gasteiger partial charge in [0.2, 0.25) is 11.8 Å². The molecular weight excluding hydrogens is 334 g/mol. The molecule has 2 amide bonds. The van der Waals surface area contributed by atoms with E-state index >= 15 is 0 Å². The minimum absolute atomic E-state index is 0.0146. The first-order chi connectivity index (χ1) is 12.4. The van der Waals surface area contributed by atoms with Crippen LogP contribution in [0.15, 0.2) is 24.3 Å². The molecule has 0 aliphatic carbocycles. The molecule has 0 unspecified atom stereocenters. The van der Waals surface area contributed by atoms with Crippen LogP contribution in [0.3, 0.4) is 0 Å². The third kappa shape index (κ3) is 10.1. The number of hydrogen-bond acceptors (Lipinski definition) is 5. The Kier molecular flexibility index (Phi) is 10.5. The van der Waals surface area contributed by atoms with Gasteiger partial charge in [-0.1, -0.05) is 24.3 Å². The average Bonchev–Trinajstić information content (AvgIpc) is 2.61. The molecule has 1 aromatic rings. The molecular formula is C19H31N3O4. The van der Waals surface area contributed by atoms with Crippen LogP contribution in [0.25, 0.3) is 0 Å². The van der Waals surface area contributed by atoms with E-state index in [0.29, 0.717) is 19.6 Å². The fourth-order valence-electron chi connectivity index (χ4n) is 2.40. The summed E-state index contributed by atoms with van der Waals surface area (Å²) < 4.78 is 10.9. The maximum absolute atomic E-state index is 10.8. The van der Waals surface area contributed by atoms with Gasteiger partial charge in [0.05, 0.1) is 12.7 Å². The zero-order valence-corrected chi connectivity index (χ0v) is 15.5. The summed E-state index contributed by atoms with van der Waals surface area (Å²) in [5.41, 5.74) is 18.4. The third-order valence-corrected chi connectivity index (χ3v) is 4.11. The second-order valence-electron chi connectivity index (χ2n) is 6.48. The molecule has 1 rings (SSSR count). The van der Waals surface area contributed by atoms with Crippen molar-refractivity contribution < 1.29 is 19.1 Å². The topological polar surface area (TPSA) is 131 Å². The highest BCUT2D eigenvalue weighted by molar-refractivity contribution is 5.75. The Balaban J connectivity index is 2.23. The van der Waals surface area contributed by atoms with Gasteiger partial charge in [0.15, 0.2) is 0 Å². The van der Waals surface area contributed by atoms with Gasteiger partial charge in [-0.05, 0) is 43.7 Å². The number of ether oxygens (including phenoxy) is 2. The lowest BCUT2D eigenvalue weighted by atomic mass is 10.1. The van der Waals surface area contributed by atoms with E-state index in [9.17, 15) is 9.59 Å². The number of amides is 2. The maximum atomic E-state index is 10.8. The molecule has 0 aromatic heterocycles. The molecule has 146 valence electrons. The van der Waals surface area contributed by atoms with E-state index in [1.165, 1.54) is 5.56 Å². The second-order valence-corrected chi connectivity index (χ2v) is 6.48. The van der Waals surface area contributed by atoms with Gasteiger partial charge >= 0.3 is 0 Å². The summed E-state index contributed by atoms with van der Waals surface area (Å²) in [4.78, 5) is 21.3. The Morgan fingerprint density at radius 2 is 1.69 bits per heavy atom. The molecule has 0 radical (unpaired) electrons. The van der Waals surface area contributed by atoms with Crippen LogP contribution in [-0.4, -0.2) is 37.2 Å². The Labute approximate surface area is 155 Å². The van der Waals surface area contributed by atoms with Crippen molar-refractivity contribution in [1.82, 2.24) is 0 Å². The van der Waals surface area contributed by atoms with Crippen LogP contribution in [0.4, 0.5) is 0 Å². The van der Waals surface area contributed by atoms with E-state index in [1.807, 2.05) is 19.1 Å². The van der Waals surface area contributed by atoms with Gasteiger partial charge < -0.3 is 26.7 Å². The number of carbonyl (C=O) groups excluding carboxylic acids is 2. The van der Waals surface area contributed by atoms with E-state index in [2.05, 4.69) is 12.1 Å². The molecule has 7 nitrogen and oxygen atoms in total. The normalized spacial score (nSPS) is 13.3. The molecule has 6 N–H and O–H groups in total. The van der Waals surface area contributed by atoms with Crippen LogP contribution in [-0.2, 0) is 32.1 Å². The quantitative estimate of drug-likeness (QED) is 0.423. The predicted octanol–water partition coefficient (Wildman–Crippen LogP) is 1.01. The van der Waals surface area contributed by atoms with Crippen LogP contribution in [0, 0.1) is 0 Å². The molecule has 0 saturated carbocycles. The molecule has 0 aliphatic rings. The highest BCUT2D eigenvalue weighted by Crippen LogP contribution is 2.11. The zero-order valence-electron chi connectivity index (χ0n) is 15.5. The van der Waals surface area contributed by atoms with E-state index < -0.39 is 5.91 Å². The van der Waals surface area contributed by atoms with Crippen LogP contribution in [0.1, 0.15) is 43.7 Å². The van der Waals surface area contributed by atoms with Gasteiger partial charge in [-0.25, -0.2) is 0 Å². The summed E-state index contributed by atoms with van der Waals surface area (Å²) in [6.45, 7) is 2.91. The van der Waals surface area contributed by atoms with Gasteiger partial charge in [0.25, 0.3) is 0 Å². The van der Waals surface area contributed by atoms with Crippen molar-refractivity contribution in [2.24, 2.45) is 17.2 Å². The Morgan fingerprint density at radius 3 is 2.31 bits per heavy atom. The molecule has 2 atom stereocenters. The van der Waals surface area contributed by atoms with Crippen molar-refractivity contribution in [3.63, 3.8) is 0 Å². The zero-order chi connectivity index (χ0) is 19.4. The molecule has 0 heterocycles. The van der Waals surface area contributed by atoms with Gasteiger partial charge in [-0.2, -0.15) is 0 Å². The lowest BCUT2D eigenvalue weighted by Gasteiger charge is -2.20. The Hall–Kier alpha value is -1.96. The highest BCUT2D eigenvalue weighted by atomic mass is 16.5. The highest BCUT2D eigenvalue weighted by Gasteiger charge is 2.14. The minimum atomic E-state index is -0.439. The van der Waals surface area contributed by atoms with Crippen molar-refractivity contribution in [2.45, 2.75) is 57.8 Å². The van der Waals surface area contributed by atoms with Crippen molar-refractivity contribution >= 4 is 11.8 Å². The van der Waals surface area contributed by atoms with E-state index in [0.717, 1.165) is 24.8 Å². The molecule has 0 bridgehead atoms. The number of unbranched alkanes of at least 4 members (excludes halogenated alkanes) is 1. The average molecular weight is 365 g/mol. The molecule has 0 fully saturated rings. The number of aryl methyl sites for hydroxylation is 1. The first-order valence-corrected chi connectivity index (χ1v) is 8.98. The molecule has 0 saturated heterocycles. The van der Waals surface area contributed by atoms with Crippen LogP contribution in [0.2, 0.25) is 0 Å². The molecule has 1 aromatic carbocycles. The monoisotopic (exact) mass is 365 g/mol. The van der Waals surface area contributed by atoms with E-state index in [4.69, 9.17) is 26.7 Å². The van der Waals surface area contributed by atoms with Crippen molar-refractivity contribution in [1.29, 1.82) is 0 Å². The number of hydrogen-bond donors (Lipinski definition) is 3. The molecule has 7 heteroatoms. The number of carbonyl (C=O) groups is 2. The predicted molar refractivity (Wildman–Crippen MR) is 100 cm³/mol. The minimum Gasteiger partial charge on any atom is -0.372 e. The van der Waals surface area contributed by atoms with Gasteiger partial charge in [-0.3, -0.25) is 9.59 Å². The van der Waals surface area contributed by atoms with Crippen molar-refractivity contribution in [3.05, 3.63) is 35.4 Å². The first-order valence-electron chi connectivity index (χ1n) is 8.98. The smallest absolute Gasteiger partial charge is 0.243 e. The summed E-state index contributed by atoms with van der Waals surface area (Å²) in [6.07, 6.45) is 3.49. The van der Waals surface area contributed by atoms with Gasteiger partial charge in [-0.15, -0.1) is 0 Å². The third-order valence-electron chi connectivity index (χ3n) is 4.11. The summed E-state index contributed by atoms with van der Waals surface area (Å²) >= 11 is 0. The summed E-state index contributed by atoms with van der Waals surface area (Å²) in [5.74, 6) is -0.784. The number of rotatable bonds is 14. The van der Waals surface area contributed by atoms with Crippen molar-refractivity contribution in [3.8, 4) is 0 Å². The first kappa shape index (κ1) is 22.1. The Morgan fingerprint density at radius 1 is 1.04 bits per heavy atom. The van der Waals surface area contributed by atoms with Crippen LogP contribution in [0.5, 0.6) is 0 Å². The lowest BCUT2D eigenvalue weighted by molar-refractivity contribution is -0.122. The fourth-order valence-corrected chi connectivity index (χ4v) is 2.40. The largest absolute Gasteiger partial charge is 0.372 e. The number of primary amides is 2. The summed E-state index contributed by atoms with van der Waals surface area (Å²) in [5, 5.41) is 0. The van der Waals surface area contributed by atoms with Crippen LogP contribution < -0.4 is 17.2 Å². The summed E-state index contributed by atoms with van der Waals surface area (Å²) in [7, 11) is 0. The fraction of sp³-hybridized carbons (Fsp3) is 0.579. The molecule has 0 aliphatic heterocycles.